The highest BCUT2D eigenvalue weighted by molar-refractivity contribution is 7.98. The van der Waals surface area contributed by atoms with Gasteiger partial charge in [-0.15, -0.1) is 0 Å². The Morgan fingerprint density at radius 1 is 1.24 bits per heavy atom. The molecule has 0 aliphatic rings. The van der Waals surface area contributed by atoms with E-state index in [0.29, 0.717) is 13.2 Å². The van der Waals surface area contributed by atoms with Crippen LogP contribution in [0.25, 0.3) is 0 Å². The molecule has 0 aromatic heterocycles. The molecule has 96 valence electrons. The summed E-state index contributed by atoms with van der Waals surface area (Å²) in [5.41, 5.74) is 0.801. The molecule has 0 aliphatic heterocycles. The maximum Gasteiger partial charge on any atom is 0.128 e. The van der Waals surface area contributed by atoms with Crippen LogP contribution < -0.4 is 9.47 Å². The number of aliphatic hydroxyl groups excluding tert-OH is 1. The van der Waals surface area contributed by atoms with Crippen LogP contribution in [0.2, 0.25) is 0 Å². The maximum atomic E-state index is 9.22. The van der Waals surface area contributed by atoms with Gasteiger partial charge in [0.15, 0.2) is 0 Å². The molecule has 1 rings (SSSR count). The maximum absolute atomic E-state index is 9.22. The Labute approximate surface area is 107 Å². The molecule has 1 N–H and O–H groups in total. The largest absolute Gasteiger partial charge is 0.493 e. The van der Waals surface area contributed by atoms with Gasteiger partial charge >= 0.3 is 0 Å². The van der Waals surface area contributed by atoms with E-state index in [1.165, 1.54) is 0 Å². The van der Waals surface area contributed by atoms with Gasteiger partial charge in [-0.2, -0.15) is 11.8 Å². The number of hydrogen-bond acceptors (Lipinski definition) is 4. The number of benzene rings is 1. The van der Waals surface area contributed by atoms with Crippen LogP contribution in [0.5, 0.6) is 11.5 Å². The van der Waals surface area contributed by atoms with Gasteiger partial charge < -0.3 is 14.6 Å². The molecule has 0 bridgehead atoms. The van der Waals surface area contributed by atoms with E-state index in [1.807, 2.05) is 24.5 Å². The smallest absolute Gasteiger partial charge is 0.128 e. The molecule has 1 aromatic rings. The summed E-state index contributed by atoms with van der Waals surface area (Å²) in [7, 11) is 0. The fraction of sp³-hybridized carbons (Fsp3) is 0.538. The lowest BCUT2D eigenvalue weighted by molar-refractivity contribution is 0.265. The van der Waals surface area contributed by atoms with Crippen LogP contribution in [0.15, 0.2) is 18.2 Å². The molecule has 3 nitrogen and oxygen atoms in total. The van der Waals surface area contributed by atoms with Crippen molar-refractivity contribution < 1.29 is 14.6 Å². The lowest BCUT2D eigenvalue weighted by Crippen LogP contribution is -2.03. The van der Waals surface area contributed by atoms with Gasteiger partial charge in [-0.05, 0) is 24.8 Å². The summed E-state index contributed by atoms with van der Waals surface area (Å²) in [6.45, 7) is 3.40. The van der Waals surface area contributed by atoms with Crippen molar-refractivity contribution in [2.45, 2.75) is 20.0 Å². The van der Waals surface area contributed by atoms with Gasteiger partial charge in [0.2, 0.25) is 0 Å². The molecule has 0 radical (unpaired) electrons. The van der Waals surface area contributed by atoms with Gasteiger partial charge in [-0.25, -0.2) is 0 Å². The monoisotopic (exact) mass is 256 g/mol. The van der Waals surface area contributed by atoms with Crippen LogP contribution in [0.1, 0.15) is 18.9 Å². The second-order valence-electron chi connectivity index (χ2n) is 3.62. The van der Waals surface area contributed by atoms with Crippen molar-refractivity contribution in [3.63, 3.8) is 0 Å². The van der Waals surface area contributed by atoms with Gasteiger partial charge in [-0.1, -0.05) is 6.92 Å². The molecule has 0 saturated heterocycles. The Morgan fingerprint density at radius 2 is 2.06 bits per heavy atom. The summed E-state index contributed by atoms with van der Waals surface area (Å²) in [6, 6.07) is 5.56. The average Bonchev–Trinajstić information content (AvgIpc) is 2.37. The molecule has 0 heterocycles. The number of thioether (sulfide) groups is 1. The van der Waals surface area contributed by atoms with E-state index in [2.05, 4.69) is 6.92 Å². The molecule has 17 heavy (non-hydrogen) atoms. The van der Waals surface area contributed by atoms with Crippen molar-refractivity contribution in [3.05, 3.63) is 23.8 Å². The van der Waals surface area contributed by atoms with Crippen molar-refractivity contribution in [2.75, 3.05) is 25.2 Å². The summed E-state index contributed by atoms with van der Waals surface area (Å²) in [5, 5.41) is 9.22. The standard InChI is InChI=1S/C13H20O3S/c1-3-6-15-12-5-4-11(10-14)13(9-12)16-7-8-17-2/h4-5,9,14H,3,6-8,10H2,1-2H3. The van der Waals surface area contributed by atoms with Gasteiger partial charge in [0.1, 0.15) is 11.5 Å². The van der Waals surface area contributed by atoms with Gasteiger partial charge in [0.25, 0.3) is 0 Å². The molecule has 0 atom stereocenters. The zero-order valence-electron chi connectivity index (χ0n) is 10.4. The Kier molecular flexibility index (Phi) is 6.89. The highest BCUT2D eigenvalue weighted by Gasteiger charge is 2.05. The number of aliphatic hydroxyl groups is 1. The quantitative estimate of drug-likeness (QED) is 0.726. The SMILES string of the molecule is CCCOc1ccc(CO)c(OCCSC)c1. The predicted molar refractivity (Wildman–Crippen MR) is 72.0 cm³/mol. The minimum Gasteiger partial charge on any atom is -0.493 e. The van der Waals surface area contributed by atoms with Crippen LogP contribution >= 0.6 is 11.8 Å². The third-order valence-electron chi connectivity index (χ3n) is 2.23. The molecule has 4 heteroatoms. The van der Waals surface area contributed by atoms with Crippen LogP contribution in [-0.2, 0) is 6.61 Å². The third-order valence-corrected chi connectivity index (χ3v) is 2.80. The average molecular weight is 256 g/mol. The predicted octanol–water partition coefficient (Wildman–Crippen LogP) is 2.71. The third kappa shape index (κ3) is 4.88. The Hall–Kier alpha value is -0.870. The van der Waals surface area contributed by atoms with E-state index in [9.17, 15) is 5.11 Å². The van der Waals surface area contributed by atoms with Crippen LogP contribution in [-0.4, -0.2) is 30.3 Å². The second kappa shape index (κ2) is 8.25. The van der Waals surface area contributed by atoms with Crippen molar-refractivity contribution >= 4 is 11.8 Å². The highest BCUT2D eigenvalue weighted by Crippen LogP contribution is 2.25. The van der Waals surface area contributed by atoms with Crippen molar-refractivity contribution in [3.8, 4) is 11.5 Å². The topological polar surface area (TPSA) is 38.7 Å². The van der Waals surface area contributed by atoms with Crippen LogP contribution in [0.3, 0.4) is 0 Å². The highest BCUT2D eigenvalue weighted by atomic mass is 32.2. The van der Waals surface area contributed by atoms with Gasteiger partial charge in [0, 0.05) is 17.4 Å². The molecule has 1 aromatic carbocycles. The molecule has 0 spiro atoms. The Bertz CT molecular complexity index is 328. The van der Waals surface area contributed by atoms with Crippen molar-refractivity contribution in [2.24, 2.45) is 0 Å². The zero-order valence-corrected chi connectivity index (χ0v) is 11.3. The Morgan fingerprint density at radius 3 is 2.71 bits per heavy atom. The molecule has 0 amide bonds. The van der Waals surface area contributed by atoms with E-state index in [4.69, 9.17) is 9.47 Å². The normalized spacial score (nSPS) is 10.3. The molecular weight excluding hydrogens is 236 g/mol. The lowest BCUT2D eigenvalue weighted by atomic mass is 10.2. The molecular formula is C13H20O3S. The number of ether oxygens (including phenoxy) is 2. The summed E-state index contributed by atoms with van der Waals surface area (Å²) >= 11 is 1.73. The second-order valence-corrected chi connectivity index (χ2v) is 4.60. The molecule has 0 saturated carbocycles. The first-order valence-corrected chi connectivity index (χ1v) is 7.19. The van der Waals surface area contributed by atoms with Crippen LogP contribution in [0, 0.1) is 0 Å². The van der Waals surface area contributed by atoms with E-state index in [0.717, 1.165) is 29.2 Å². The van der Waals surface area contributed by atoms with Crippen molar-refractivity contribution in [1.82, 2.24) is 0 Å². The number of rotatable bonds is 8. The van der Waals surface area contributed by atoms with E-state index >= 15 is 0 Å². The van der Waals surface area contributed by atoms with E-state index in [-0.39, 0.29) is 6.61 Å². The summed E-state index contributed by atoms with van der Waals surface area (Å²) < 4.78 is 11.2. The summed E-state index contributed by atoms with van der Waals surface area (Å²) in [6.07, 6.45) is 3.02. The van der Waals surface area contributed by atoms with Crippen molar-refractivity contribution in [1.29, 1.82) is 0 Å². The van der Waals surface area contributed by atoms with Gasteiger partial charge in [-0.3, -0.25) is 0 Å². The first-order chi connectivity index (χ1) is 8.31. The lowest BCUT2D eigenvalue weighted by Gasteiger charge is -2.12. The minimum absolute atomic E-state index is 0.0113. The first kappa shape index (κ1) is 14.2. The fourth-order valence-corrected chi connectivity index (χ4v) is 1.59. The van der Waals surface area contributed by atoms with Crippen LogP contribution in [0.4, 0.5) is 0 Å². The minimum atomic E-state index is -0.0113. The Balaban J connectivity index is 2.68. The summed E-state index contributed by atoms with van der Waals surface area (Å²) in [4.78, 5) is 0. The van der Waals surface area contributed by atoms with Gasteiger partial charge in [0.05, 0.1) is 19.8 Å². The zero-order chi connectivity index (χ0) is 12.5. The fourth-order valence-electron chi connectivity index (χ4n) is 1.34. The summed E-state index contributed by atoms with van der Waals surface area (Å²) in [5.74, 6) is 2.45. The number of hydrogen-bond donors (Lipinski definition) is 1. The molecule has 0 unspecified atom stereocenters. The molecule has 0 aliphatic carbocycles. The van der Waals surface area contributed by atoms with E-state index in [1.54, 1.807) is 11.8 Å². The molecule has 0 fully saturated rings. The van der Waals surface area contributed by atoms with E-state index < -0.39 is 0 Å². The first-order valence-electron chi connectivity index (χ1n) is 5.80.